The molecular formula is C18H17FN2O. The molecule has 2 aromatic rings. The van der Waals surface area contributed by atoms with Crippen molar-refractivity contribution in [1.82, 2.24) is 9.55 Å². The summed E-state index contributed by atoms with van der Waals surface area (Å²) < 4.78 is 15.2. The topological polar surface area (TPSA) is 34.9 Å². The molecule has 0 amide bonds. The molecular weight excluding hydrogens is 279 g/mol. The lowest BCUT2D eigenvalue weighted by atomic mass is 9.69. The highest BCUT2D eigenvalue weighted by Crippen LogP contribution is 2.44. The van der Waals surface area contributed by atoms with Gasteiger partial charge in [-0.05, 0) is 50.1 Å². The summed E-state index contributed by atoms with van der Waals surface area (Å²) >= 11 is 0. The normalized spacial score (nSPS) is 23.7. The number of benzene rings is 1. The van der Waals surface area contributed by atoms with Gasteiger partial charge >= 0.3 is 0 Å². The van der Waals surface area contributed by atoms with Crippen molar-refractivity contribution in [2.45, 2.75) is 32.7 Å². The number of aromatic nitrogens is 2. The van der Waals surface area contributed by atoms with E-state index in [2.05, 4.69) is 11.1 Å². The van der Waals surface area contributed by atoms with Crippen molar-refractivity contribution in [1.29, 1.82) is 0 Å². The molecule has 0 N–H and O–H groups in total. The van der Waals surface area contributed by atoms with Gasteiger partial charge in [-0.2, -0.15) is 0 Å². The van der Waals surface area contributed by atoms with Gasteiger partial charge in [0.15, 0.2) is 0 Å². The van der Waals surface area contributed by atoms with Crippen LogP contribution in [0.5, 0.6) is 0 Å². The third-order valence-electron chi connectivity index (χ3n) is 4.97. The zero-order valence-electron chi connectivity index (χ0n) is 12.5. The van der Waals surface area contributed by atoms with Gasteiger partial charge in [0.1, 0.15) is 11.6 Å². The molecule has 22 heavy (non-hydrogen) atoms. The van der Waals surface area contributed by atoms with Crippen LogP contribution in [-0.4, -0.2) is 15.3 Å². The van der Waals surface area contributed by atoms with E-state index in [1.54, 1.807) is 18.5 Å². The number of hydrogen-bond donors (Lipinski definition) is 0. The molecule has 1 aromatic heterocycles. The second kappa shape index (κ2) is 4.63. The Balaban J connectivity index is 1.82. The fourth-order valence-electron chi connectivity index (χ4n) is 3.60. The van der Waals surface area contributed by atoms with Gasteiger partial charge in [-0.3, -0.25) is 4.79 Å². The van der Waals surface area contributed by atoms with Crippen molar-refractivity contribution in [3.05, 3.63) is 47.7 Å². The second-order valence-electron chi connectivity index (χ2n) is 6.39. The van der Waals surface area contributed by atoms with E-state index in [1.807, 2.05) is 11.5 Å². The number of carbonyl (C=O) groups excluding carboxylic acids is 1. The predicted molar refractivity (Wildman–Crippen MR) is 82.6 cm³/mol. The highest BCUT2D eigenvalue weighted by molar-refractivity contribution is 5.91. The second-order valence-corrected chi connectivity index (χ2v) is 6.39. The third-order valence-corrected chi connectivity index (χ3v) is 4.97. The van der Waals surface area contributed by atoms with E-state index in [1.165, 1.54) is 17.7 Å². The quantitative estimate of drug-likeness (QED) is 0.801. The number of ketones is 1. The van der Waals surface area contributed by atoms with E-state index in [0.717, 1.165) is 29.8 Å². The van der Waals surface area contributed by atoms with E-state index in [9.17, 15) is 9.18 Å². The Labute approximate surface area is 128 Å². The molecule has 4 heteroatoms. The van der Waals surface area contributed by atoms with E-state index < -0.39 is 0 Å². The van der Waals surface area contributed by atoms with Crippen molar-refractivity contribution >= 4 is 11.9 Å². The van der Waals surface area contributed by atoms with E-state index in [-0.39, 0.29) is 11.2 Å². The molecule has 1 fully saturated rings. The average molecular weight is 296 g/mol. The minimum absolute atomic E-state index is 0.249. The van der Waals surface area contributed by atoms with Crippen LogP contribution in [0, 0.1) is 11.2 Å². The summed E-state index contributed by atoms with van der Waals surface area (Å²) in [4.78, 5) is 16.9. The fraction of sp³-hybridized carbons (Fsp3) is 0.333. The summed E-state index contributed by atoms with van der Waals surface area (Å²) in [6.07, 6.45) is 6.47. The number of nitrogens with zero attached hydrogens (tertiary/aromatic N) is 2. The molecule has 2 heterocycles. The number of fused-ring (bicyclic) bond motifs is 2. The largest absolute Gasteiger partial charge is 0.329 e. The molecule has 1 aliphatic carbocycles. The van der Waals surface area contributed by atoms with Gasteiger partial charge in [-0.1, -0.05) is 5.57 Å². The van der Waals surface area contributed by atoms with Gasteiger partial charge in [0, 0.05) is 18.5 Å². The monoisotopic (exact) mass is 296 g/mol. The first-order valence-electron chi connectivity index (χ1n) is 7.63. The number of allylic oxidation sites excluding steroid dienone is 1. The number of halogens is 1. The molecule has 0 saturated heterocycles. The fourth-order valence-corrected chi connectivity index (χ4v) is 3.60. The number of imidazole rings is 1. The number of carbonyl (C=O) groups is 1. The maximum absolute atomic E-state index is 13.1. The zero-order valence-corrected chi connectivity index (χ0v) is 12.5. The van der Waals surface area contributed by atoms with Crippen LogP contribution in [0.1, 0.15) is 31.9 Å². The molecule has 0 spiro atoms. The summed E-state index contributed by atoms with van der Waals surface area (Å²) in [5.41, 5.74) is 3.60. The molecule has 1 aliphatic heterocycles. The molecule has 1 unspecified atom stereocenters. The Morgan fingerprint density at radius 2 is 2.00 bits per heavy atom. The van der Waals surface area contributed by atoms with Gasteiger partial charge in [0.25, 0.3) is 0 Å². The molecule has 1 aromatic carbocycles. The standard InChI is InChI=1S/C18H17FN2O/c1-18-10-21-11-20-17(12-5-7-14(19)8-6-12)15(21)9-13(18)3-2-4-16(18)22/h5-9,11H,2-4,10H2,1H3. The zero-order chi connectivity index (χ0) is 15.3. The molecule has 3 nitrogen and oxygen atoms in total. The van der Waals surface area contributed by atoms with E-state index in [0.29, 0.717) is 18.7 Å². The Hall–Kier alpha value is -2.23. The molecule has 2 aliphatic rings. The van der Waals surface area contributed by atoms with Crippen LogP contribution in [0.2, 0.25) is 0 Å². The van der Waals surface area contributed by atoms with Crippen LogP contribution in [0.15, 0.2) is 36.2 Å². The van der Waals surface area contributed by atoms with Crippen LogP contribution in [0.3, 0.4) is 0 Å². The third kappa shape index (κ3) is 1.86. The van der Waals surface area contributed by atoms with Crippen LogP contribution < -0.4 is 0 Å². The van der Waals surface area contributed by atoms with Gasteiger partial charge < -0.3 is 4.57 Å². The maximum atomic E-state index is 13.1. The van der Waals surface area contributed by atoms with Crippen LogP contribution in [-0.2, 0) is 11.3 Å². The van der Waals surface area contributed by atoms with Crippen molar-refractivity contribution in [3.8, 4) is 11.3 Å². The lowest BCUT2D eigenvalue weighted by Gasteiger charge is -2.38. The van der Waals surface area contributed by atoms with Crippen molar-refractivity contribution < 1.29 is 9.18 Å². The lowest BCUT2D eigenvalue weighted by Crippen LogP contribution is -2.39. The van der Waals surface area contributed by atoms with Gasteiger partial charge in [0.2, 0.25) is 0 Å². The van der Waals surface area contributed by atoms with Crippen LogP contribution in [0.4, 0.5) is 4.39 Å². The molecule has 0 bridgehead atoms. The Morgan fingerprint density at radius 3 is 2.77 bits per heavy atom. The predicted octanol–water partition coefficient (Wildman–Crippen LogP) is 3.85. The summed E-state index contributed by atoms with van der Waals surface area (Å²) in [5.74, 6) is 0.0771. The van der Waals surface area contributed by atoms with Gasteiger partial charge in [0.05, 0.1) is 23.1 Å². The summed E-state index contributed by atoms with van der Waals surface area (Å²) in [5, 5.41) is 0. The summed E-state index contributed by atoms with van der Waals surface area (Å²) in [7, 11) is 0. The summed E-state index contributed by atoms with van der Waals surface area (Å²) in [6, 6.07) is 6.39. The smallest absolute Gasteiger partial charge is 0.144 e. The van der Waals surface area contributed by atoms with E-state index >= 15 is 0 Å². The highest BCUT2D eigenvalue weighted by Gasteiger charge is 2.42. The molecule has 0 radical (unpaired) electrons. The van der Waals surface area contributed by atoms with Crippen molar-refractivity contribution in [3.63, 3.8) is 0 Å². The minimum Gasteiger partial charge on any atom is -0.329 e. The van der Waals surface area contributed by atoms with Gasteiger partial charge in [-0.25, -0.2) is 9.37 Å². The number of hydrogen-bond acceptors (Lipinski definition) is 2. The highest BCUT2D eigenvalue weighted by atomic mass is 19.1. The van der Waals surface area contributed by atoms with Crippen LogP contribution in [0.25, 0.3) is 17.3 Å². The minimum atomic E-state index is -0.383. The first-order chi connectivity index (χ1) is 10.6. The molecule has 112 valence electrons. The van der Waals surface area contributed by atoms with Crippen LogP contribution >= 0.6 is 0 Å². The molecule has 4 rings (SSSR count). The van der Waals surface area contributed by atoms with Crippen molar-refractivity contribution in [2.24, 2.45) is 5.41 Å². The first kappa shape index (κ1) is 13.4. The molecule has 1 atom stereocenters. The Bertz CT molecular complexity index is 788. The maximum Gasteiger partial charge on any atom is 0.144 e. The lowest BCUT2D eigenvalue weighted by molar-refractivity contribution is -0.128. The van der Waals surface area contributed by atoms with Gasteiger partial charge in [-0.15, -0.1) is 0 Å². The number of Topliss-reactive ketones (excluding diaryl/α,β-unsaturated/α-hetero) is 1. The Kier molecular flexibility index (Phi) is 2.83. The average Bonchev–Trinajstić information content (AvgIpc) is 2.89. The molecule has 1 saturated carbocycles. The first-order valence-corrected chi connectivity index (χ1v) is 7.63. The Morgan fingerprint density at radius 1 is 1.23 bits per heavy atom. The summed E-state index contributed by atoms with van der Waals surface area (Å²) in [6.45, 7) is 2.70. The van der Waals surface area contributed by atoms with E-state index in [4.69, 9.17) is 0 Å². The number of rotatable bonds is 1. The van der Waals surface area contributed by atoms with Crippen molar-refractivity contribution in [2.75, 3.05) is 0 Å². The SMILES string of the molecule is CC12Cn3cnc(-c4ccc(F)cc4)c3C=C1CCCC2=O.